The average Bonchev–Trinajstić information content (AvgIpc) is 3.56. The van der Waals surface area contributed by atoms with Crippen LogP contribution in [0.3, 0.4) is 0 Å². The summed E-state index contributed by atoms with van der Waals surface area (Å²) in [6.07, 6.45) is 23.0. The van der Waals surface area contributed by atoms with Gasteiger partial charge in [0, 0.05) is 5.57 Å². The quantitative estimate of drug-likeness (QED) is 0.109. The monoisotopic (exact) mass is 444 g/mol. The molecule has 0 spiro atoms. The van der Waals surface area contributed by atoms with Crippen LogP contribution in [0.1, 0.15) is 75.5 Å². The Bertz CT molecular complexity index is 900. The number of hydrogen-bond acceptors (Lipinski definition) is 0. The minimum Gasteiger partial charge on any atom is -0.133 e. The number of aryl methyl sites for hydroxylation is 1. The molecule has 0 aromatic heterocycles. The van der Waals surface area contributed by atoms with Gasteiger partial charge in [-0.15, -0.1) is 11.5 Å². The van der Waals surface area contributed by atoms with Gasteiger partial charge in [-0.1, -0.05) is 90.8 Å². The molecule has 2 atom stereocenters. The summed E-state index contributed by atoms with van der Waals surface area (Å²) < 4.78 is 0. The predicted molar refractivity (Wildman–Crippen MR) is 148 cm³/mol. The standard InChI is InChI=1S/C31H41P/c1-6-11-17-27(16-9-4)31(10-5)29-22-21-26(28(24-29)18-12-7-2)19-14-15-20-30-25-32(30)23-13-8-3/h9,12-13,16,18,21-22,24,30H,3-7,11,14-15,17,19-20,23,25H2,1-2H3/b18-12-,27-16-. The lowest BCUT2D eigenvalue weighted by Gasteiger charge is -2.14. The minimum absolute atomic E-state index is 0.270. The molecule has 1 aliphatic rings. The molecule has 32 heavy (non-hydrogen) atoms. The first kappa shape index (κ1) is 26.2. The van der Waals surface area contributed by atoms with E-state index in [4.69, 9.17) is 0 Å². The van der Waals surface area contributed by atoms with Gasteiger partial charge in [0.05, 0.1) is 0 Å². The van der Waals surface area contributed by atoms with Gasteiger partial charge >= 0.3 is 0 Å². The fourth-order valence-corrected chi connectivity index (χ4v) is 6.51. The normalized spacial score (nSPS) is 17.6. The van der Waals surface area contributed by atoms with Gasteiger partial charge in [0.1, 0.15) is 0 Å². The Morgan fingerprint density at radius 2 is 2.03 bits per heavy atom. The van der Waals surface area contributed by atoms with Crippen LogP contribution < -0.4 is 0 Å². The Kier molecular flexibility index (Phi) is 12.2. The molecule has 1 aromatic rings. The van der Waals surface area contributed by atoms with E-state index in [1.807, 2.05) is 6.08 Å². The Balaban J connectivity index is 2.08. The van der Waals surface area contributed by atoms with Crippen molar-refractivity contribution in [2.45, 2.75) is 70.9 Å². The van der Waals surface area contributed by atoms with Crippen molar-refractivity contribution < 1.29 is 0 Å². The van der Waals surface area contributed by atoms with Crippen LogP contribution in [-0.4, -0.2) is 18.0 Å². The third-order valence-corrected chi connectivity index (χ3v) is 8.68. The zero-order valence-electron chi connectivity index (χ0n) is 20.3. The first-order chi connectivity index (χ1) is 15.7. The van der Waals surface area contributed by atoms with Crippen LogP contribution >= 0.6 is 7.92 Å². The highest BCUT2D eigenvalue weighted by Crippen LogP contribution is 2.60. The zero-order valence-corrected chi connectivity index (χ0v) is 21.2. The summed E-state index contributed by atoms with van der Waals surface area (Å²) in [5.41, 5.74) is 13.6. The summed E-state index contributed by atoms with van der Waals surface area (Å²) in [7, 11) is 0.270. The van der Waals surface area contributed by atoms with Crippen LogP contribution in [0, 0.1) is 0 Å². The van der Waals surface area contributed by atoms with Gasteiger partial charge in [0.2, 0.25) is 0 Å². The number of rotatable bonds is 15. The second kappa shape index (κ2) is 14.9. The molecule has 1 aliphatic heterocycles. The largest absolute Gasteiger partial charge is 0.133 e. The minimum atomic E-state index is 0.270. The van der Waals surface area contributed by atoms with Crippen molar-refractivity contribution in [3.8, 4) is 0 Å². The van der Waals surface area contributed by atoms with Crippen LogP contribution in [-0.2, 0) is 6.42 Å². The molecule has 170 valence electrons. The summed E-state index contributed by atoms with van der Waals surface area (Å²) in [6.45, 7) is 16.0. The first-order valence-electron chi connectivity index (χ1n) is 12.3. The van der Waals surface area contributed by atoms with Gasteiger partial charge in [-0.25, -0.2) is 0 Å². The van der Waals surface area contributed by atoms with Gasteiger partial charge < -0.3 is 0 Å². The smallest absolute Gasteiger partial charge is 0.0263 e. The van der Waals surface area contributed by atoms with Crippen molar-refractivity contribution in [1.82, 2.24) is 0 Å². The predicted octanol–water partition coefficient (Wildman–Crippen LogP) is 9.50. The van der Waals surface area contributed by atoms with E-state index in [0.717, 1.165) is 30.5 Å². The molecular formula is C31H41P. The van der Waals surface area contributed by atoms with E-state index in [-0.39, 0.29) is 7.92 Å². The Morgan fingerprint density at radius 3 is 2.72 bits per heavy atom. The highest BCUT2D eigenvalue weighted by molar-refractivity contribution is 7.66. The maximum atomic E-state index is 4.01. The molecular weight excluding hydrogens is 403 g/mol. The van der Waals surface area contributed by atoms with Crippen LogP contribution in [0.5, 0.6) is 0 Å². The molecule has 1 heterocycles. The molecule has 0 N–H and O–H groups in total. The maximum absolute atomic E-state index is 4.01. The van der Waals surface area contributed by atoms with E-state index < -0.39 is 0 Å². The van der Waals surface area contributed by atoms with Gasteiger partial charge in [0.25, 0.3) is 0 Å². The summed E-state index contributed by atoms with van der Waals surface area (Å²) in [5, 5.41) is 0. The van der Waals surface area contributed by atoms with Gasteiger partial charge in [-0.2, -0.15) is 0 Å². The summed E-state index contributed by atoms with van der Waals surface area (Å²) in [5.74, 6) is 0. The summed E-state index contributed by atoms with van der Waals surface area (Å²) >= 11 is 0. The number of benzene rings is 1. The lowest BCUT2D eigenvalue weighted by atomic mass is 9.90. The third kappa shape index (κ3) is 8.45. The average molecular weight is 445 g/mol. The molecule has 1 aromatic carbocycles. The van der Waals surface area contributed by atoms with Crippen molar-refractivity contribution in [2.75, 3.05) is 12.3 Å². The summed E-state index contributed by atoms with van der Waals surface area (Å²) in [4.78, 5) is 0. The van der Waals surface area contributed by atoms with E-state index in [1.54, 1.807) is 0 Å². The van der Waals surface area contributed by atoms with Crippen molar-refractivity contribution in [3.05, 3.63) is 96.0 Å². The van der Waals surface area contributed by atoms with E-state index in [2.05, 4.69) is 87.5 Å². The van der Waals surface area contributed by atoms with Gasteiger partial charge in [0.15, 0.2) is 0 Å². The van der Waals surface area contributed by atoms with Crippen molar-refractivity contribution in [2.24, 2.45) is 0 Å². The highest BCUT2D eigenvalue weighted by atomic mass is 31.1. The van der Waals surface area contributed by atoms with Crippen LogP contribution in [0.4, 0.5) is 0 Å². The molecule has 2 rings (SSSR count). The molecule has 0 bridgehead atoms. The molecule has 1 heteroatoms. The highest BCUT2D eigenvalue weighted by Gasteiger charge is 2.34. The Hall–Kier alpha value is -2.09. The van der Waals surface area contributed by atoms with E-state index in [1.165, 1.54) is 66.7 Å². The SMILES string of the molecule is C=C=CCP1CC1CCCCc1ccc(C(=C=C)/C(=C\C=C)CCCC)cc1/C=C\CC. The Labute approximate surface area is 198 Å². The van der Waals surface area contributed by atoms with Crippen molar-refractivity contribution in [3.63, 3.8) is 0 Å². The lowest BCUT2D eigenvalue weighted by molar-refractivity contribution is 0.694. The molecule has 2 unspecified atom stereocenters. The van der Waals surface area contributed by atoms with Gasteiger partial charge in [-0.3, -0.25) is 0 Å². The molecule has 0 aliphatic carbocycles. The first-order valence-corrected chi connectivity index (χ1v) is 14.1. The Morgan fingerprint density at radius 1 is 1.19 bits per heavy atom. The topological polar surface area (TPSA) is 0 Å². The molecule has 0 nitrogen and oxygen atoms in total. The maximum Gasteiger partial charge on any atom is 0.0263 e. The van der Waals surface area contributed by atoms with E-state index in [9.17, 15) is 0 Å². The number of unbranched alkanes of at least 4 members (excludes halogenated alkanes) is 2. The molecule has 1 fully saturated rings. The van der Waals surface area contributed by atoms with Crippen LogP contribution in [0.2, 0.25) is 0 Å². The second-order valence-electron chi connectivity index (χ2n) is 8.57. The zero-order chi connectivity index (χ0) is 23.2. The number of hydrogen-bond donors (Lipinski definition) is 0. The fourth-order valence-electron chi connectivity index (χ4n) is 4.18. The molecule has 0 radical (unpaired) electrons. The van der Waals surface area contributed by atoms with E-state index in [0.29, 0.717) is 0 Å². The van der Waals surface area contributed by atoms with Crippen molar-refractivity contribution >= 4 is 19.6 Å². The van der Waals surface area contributed by atoms with Gasteiger partial charge in [-0.05, 0) is 90.9 Å². The third-order valence-electron chi connectivity index (χ3n) is 6.12. The summed E-state index contributed by atoms with van der Waals surface area (Å²) in [6, 6.07) is 6.92. The van der Waals surface area contributed by atoms with Crippen molar-refractivity contribution in [1.29, 1.82) is 0 Å². The molecule has 1 saturated heterocycles. The van der Waals surface area contributed by atoms with Crippen LogP contribution in [0.15, 0.2) is 79.3 Å². The fraction of sp³-hybridized carbons (Fsp3) is 0.419. The lowest BCUT2D eigenvalue weighted by Crippen LogP contribution is -1.96. The molecule has 0 amide bonds. The van der Waals surface area contributed by atoms with E-state index >= 15 is 0 Å². The number of allylic oxidation sites excluding steroid dienone is 6. The second-order valence-corrected chi connectivity index (χ2v) is 11.2. The molecule has 0 saturated carbocycles. The van der Waals surface area contributed by atoms with Crippen LogP contribution in [0.25, 0.3) is 11.6 Å².